The van der Waals surface area contributed by atoms with Gasteiger partial charge in [-0.3, -0.25) is 4.18 Å². The van der Waals surface area contributed by atoms with Crippen LogP contribution in [0.4, 0.5) is 22.0 Å². The second-order valence-electron chi connectivity index (χ2n) is 3.79. The Morgan fingerprint density at radius 2 is 1.58 bits per heavy atom. The second-order valence-corrected chi connectivity index (χ2v) is 5.39. The van der Waals surface area contributed by atoms with Crippen molar-refractivity contribution in [2.24, 2.45) is 0 Å². The molecule has 0 bridgehead atoms. The minimum Gasteiger partial charge on any atom is -0.262 e. The molecule has 3 nitrogen and oxygen atoms in total. The van der Waals surface area contributed by atoms with E-state index in [0.29, 0.717) is 6.26 Å². The zero-order valence-corrected chi connectivity index (χ0v) is 10.6. The molecule has 1 aromatic rings. The summed E-state index contributed by atoms with van der Waals surface area (Å²) in [6, 6.07) is 0.168. The molecule has 0 saturated heterocycles. The van der Waals surface area contributed by atoms with Crippen LogP contribution in [0.3, 0.4) is 0 Å². The number of halogens is 5. The maximum atomic E-state index is 13.5. The largest absolute Gasteiger partial charge is 0.416 e. The summed E-state index contributed by atoms with van der Waals surface area (Å²) in [4.78, 5) is 0. The monoisotopic (exact) mass is 304 g/mol. The van der Waals surface area contributed by atoms with Crippen molar-refractivity contribution in [1.29, 1.82) is 0 Å². The summed E-state index contributed by atoms with van der Waals surface area (Å²) in [5, 5.41) is 0. The molecule has 0 aliphatic rings. The normalized spacial score (nSPS) is 14.5. The first-order chi connectivity index (χ1) is 8.42. The van der Waals surface area contributed by atoms with E-state index in [-0.39, 0.29) is 12.1 Å². The molecular formula is C10H9F5O3S. The van der Waals surface area contributed by atoms with Gasteiger partial charge in [-0.1, -0.05) is 0 Å². The van der Waals surface area contributed by atoms with E-state index in [1.807, 2.05) is 0 Å². The fourth-order valence-electron chi connectivity index (χ4n) is 1.45. The maximum absolute atomic E-state index is 13.5. The van der Waals surface area contributed by atoms with Crippen LogP contribution in [0.15, 0.2) is 12.1 Å². The van der Waals surface area contributed by atoms with Crippen molar-refractivity contribution in [2.75, 3.05) is 6.26 Å². The van der Waals surface area contributed by atoms with Gasteiger partial charge in [-0.25, -0.2) is 8.78 Å². The molecule has 0 aliphatic carbocycles. The lowest BCUT2D eigenvalue weighted by atomic mass is 10.1. The molecule has 0 N–H and O–H groups in total. The van der Waals surface area contributed by atoms with E-state index >= 15 is 0 Å². The number of hydrogen-bond donors (Lipinski definition) is 0. The average molecular weight is 304 g/mol. The standard InChI is InChI=1S/C10H9F5O3S/c1-5(18-19(2,16)17)9-7(11)3-6(4-8(9)12)10(13,14)15/h3-5H,1-2H3. The zero-order valence-electron chi connectivity index (χ0n) is 9.75. The summed E-state index contributed by atoms with van der Waals surface area (Å²) in [6.07, 6.45) is -5.82. The molecule has 1 rings (SSSR count). The van der Waals surface area contributed by atoms with Crippen LogP contribution in [0.2, 0.25) is 0 Å². The Balaban J connectivity index is 3.25. The second kappa shape index (κ2) is 5.04. The molecule has 0 aromatic heterocycles. The molecule has 0 saturated carbocycles. The van der Waals surface area contributed by atoms with Gasteiger partial charge in [-0.15, -0.1) is 0 Å². The molecule has 1 aromatic carbocycles. The molecular weight excluding hydrogens is 295 g/mol. The van der Waals surface area contributed by atoms with Crippen molar-refractivity contribution in [2.45, 2.75) is 19.2 Å². The smallest absolute Gasteiger partial charge is 0.262 e. The first-order valence-electron chi connectivity index (χ1n) is 4.86. The maximum Gasteiger partial charge on any atom is 0.416 e. The van der Waals surface area contributed by atoms with Gasteiger partial charge < -0.3 is 0 Å². The molecule has 0 heterocycles. The van der Waals surface area contributed by atoms with E-state index in [2.05, 4.69) is 4.18 Å². The number of rotatable bonds is 3. The highest BCUT2D eigenvalue weighted by Gasteiger charge is 2.33. The quantitative estimate of drug-likeness (QED) is 0.637. The van der Waals surface area contributed by atoms with Gasteiger partial charge in [0.05, 0.1) is 17.4 Å². The number of hydrogen-bond acceptors (Lipinski definition) is 3. The Kier molecular flexibility index (Phi) is 4.20. The van der Waals surface area contributed by atoms with Crippen LogP contribution >= 0.6 is 0 Å². The van der Waals surface area contributed by atoms with Crippen molar-refractivity contribution in [3.63, 3.8) is 0 Å². The highest BCUT2D eigenvalue weighted by Crippen LogP contribution is 2.33. The molecule has 0 aliphatic heterocycles. The molecule has 9 heteroatoms. The molecule has 1 unspecified atom stereocenters. The minimum atomic E-state index is -4.90. The fourth-order valence-corrected chi connectivity index (χ4v) is 2.07. The molecule has 0 spiro atoms. The summed E-state index contributed by atoms with van der Waals surface area (Å²) in [7, 11) is -4.00. The van der Waals surface area contributed by atoms with Crippen molar-refractivity contribution in [1.82, 2.24) is 0 Å². The molecule has 0 amide bonds. The van der Waals surface area contributed by atoms with E-state index in [1.54, 1.807) is 0 Å². The van der Waals surface area contributed by atoms with E-state index in [9.17, 15) is 30.4 Å². The van der Waals surface area contributed by atoms with Crippen LogP contribution in [0.1, 0.15) is 24.2 Å². The van der Waals surface area contributed by atoms with Crippen LogP contribution < -0.4 is 0 Å². The highest BCUT2D eigenvalue weighted by molar-refractivity contribution is 7.86. The fraction of sp³-hybridized carbons (Fsp3) is 0.400. The van der Waals surface area contributed by atoms with Crippen LogP contribution in [0, 0.1) is 11.6 Å². The Hall–Kier alpha value is -1.22. The summed E-state index contributed by atoms with van der Waals surface area (Å²) in [5.41, 5.74) is -2.38. The first-order valence-corrected chi connectivity index (χ1v) is 6.68. The SMILES string of the molecule is CC(OS(C)(=O)=O)c1c(F)cc(C(F)(F)F)cc1F. The lowest BCUT2D eigenvalue weighted by Gasteiger charge is -2.15. The van der Waals surface area contributed by atoms with Gasteiger partial charge in [0.1, 0.15) is 17.7 Å². The number of benzene rings is 1. The third-order valence-corrected chi connectivity index (χ3v) is 2.77. The number of alkyl halides is 3. The molecule has 19 heavy (non-hydrogen) atoms. The van der Waals surface area contributed by atoms with Crippen molar-refractivity contribution in [3.05, 3.63) is 34.9 Å². The third kappa shape index (κ3) is 4.13. The van der Waals surface area contributed by atoms with Gasteiger partial charge in [-0.2, -0.15) is 21.6 Å². The zero-order chi connectivity index (χ0) is 15.0. The summed E-state index contributed by atoms with van der Waals surface area (Å²) < 4.78 is 89.7. The molecule has 0 radical (unpaired) electrons. The Morgan fingerprint density at radius 3 is 1.89 bits per heavy atom. The van der Waals surface area contributed by atoms with Gasteiger partial charge in [-0.05, 0) is 19.1 Å². The van der Waals surface area contributed by atoms with Crippen molar-refractivity contribution >= 4 is 10.1 Å². The highest BCUT2D eigenvalue weighted by atomic mass is 32.2. The van der Waals surface area contributed by atoms with Gasteiger partial charge in [0, 0.05) is 0 Å². The van der Waals surface area contributed by atoms with Crippen molar-refractivity contribution in [3.8, 4) is 0 Å². The van der Waals surface area contributed by atoms with E-state index < -0.39 is 45.2 Å². The topological polar surface area (TPSA) is 43.4 Å². The van der Waals surface area contributed by atoms with Gasteiger partial charge in [0.2, 0.25) is 0 Å². The van der Waals surface area contributed by atoms with Crippen LogP contribution in [-0.2, 0) is 20.5 Å². The summed E-state index contributed by atoms with van der Waals surface area (Å²) >= 11 is 0. The van der Waals surface area contributed by atoms with Crippen molar-refractivity contribution < 1.29 is 34.6 Å². The predicted octanol–water partition coefficient (Wildman–Crippen LogP) is 3.02. The molecule has 0 fully saturated rings. The first kappa shape index (κ1) is 15.8. The Bertz CT molecular complexity index is 556. The minimum absolute atomic E-state index is 0.0839. The van der Waals surface area contributed by atoms with Crippen LogP contribution in [0.25, 0.3) is 0 Å². The van der Waals surface area contributed by atoms with Gasteiger partial charge >= 0.3 is 6.18 Å². The van der Waals surface area contributed by atoms with Gasteiger partial charge in [0.15, 0.2) is 0 Å². The molecule has 1 atom stereocenters. The Morgan fingerprint density at radius 1 is 1.16 bits per heavy atom. The molecule has 108 valence electrons. The van der Waals surface area contributed by atoms with Crippen LogP contribution in [-0.4, -0.2) is 14.7 Å². The summed E-state index contributed by atoms with van der Waals surface area (Å²) in [5.74, 6) is -3.05. The lowest BCUT2D eigenvalue weighted by Crippen LogP contribution is -2.13. The Labute approximate surface area is 106 Å². The predicted molar refractivity (Wildman–Crippen MR) is 55.7 cm³/mol. The van der Waals surface area contributed by atoms with Gasteiger partial charge in [0.25, 0.3) is 10.1 Å². The van der Waals surface area contributed by atoms with Crippen LogP contribution in [0.5, 0.6) is 0 Å². The average Bonchev–Trinajstić information content (AvgIpc) is 2.11. The van der Waals surface area contributed by atoms with E-state index in [4.69, 9.17) is 0 Å². The summed E-state index contributed by atoms with van der Waals surface area (Å²) in [6.45, 7) is 1.01. The van der Waals surface area contributed by atoms with E-state index in [0.717, 1.165) is 6.92 Å². The lowest BCUT2D eigenvalue weighted by molar-refractivity contribution is -0.138. The third-order valence-electron chi connectivity index (χ3n) is 2.13. The van der Waals surface area contributed by atoms with E-state index in [1.165, 1.54) is 0 Å².